The van der Waals surface area contributed by atoms with Gasteiger partial charge < -0.3 is 24.7 Å². The number of likely N-dealkylation sites (tertiary alicyclic amines) is 1. The number of amides is 1. The van der Waals surface area contributed by atoms with Gasteiger partial charge in [0.2, 0.25) is 5.91 Å². The fourth-order valence-corrected chi connectivity index (χ4v) is 5.61. The first kappa shape index (κ1) is 29.2. The number of hydrogen-bond donors (Lipinski definition) is 2. The van der Waals surface area contributed by atoms with Crippen LogP contribution in [-0.2, 0) is 16.1 Å². The van der Waals surface area contributed by atoms with Crippen LogP contribution in [0, 0.1) is 5.92 Å². The van der Waals surface area contributed by atoms with Crippen molar-refractivity contribution in [2.45, 2.75) is 19.8 Å². The molecule has 1 aliphatic rings. The molecule has 1 fully saturated rings. The van der Waals surface area contributed by atoms with Gasteiger partial charge in [0.25, 0.3) is 0 Å². The van der Waals surface area contributed by atoms with E-state index in [1.165, 1.54) is 6.42 Å². The number of rotatable bonds is 10. The van der Waals surface area contributed by atoms with Gasteiger partial charge in [-0.1, -0.05) is 25.1 Å². The number of nitrogens with zero attached hydrogens (tertiary/aromatic N) is 4. The molecule has 5 rings (SSSR count). The molecule has 0 bridgehead atoms. The number of benzene rings is 3. The summed E-state index contributed by atoms with van der Waals surface area (Å²) in [6.07, 6.45) is 2.24. The number of nitrogens with one attached hydrogen (secondary N) is 2. The molecular formula is C30H33N6O5S-. The summed E-state index contributed by atoms with van der Waals surface area (Å²) >= 11 is -2.79. The summed E-state index contributed by atoms with van der Waals surface area (Å²) in [5.41, 5.74) is 2.39. The lowest BCUT2D eigenvalue weighted by molar-refractivity contribution is -0.117. The summed E-state index contributed by atoms with van der Waals surface area (Å²) in [5, 5.41) is 6.10. The van der Waals surface area contributed by atoms with Crippen molar-refractivity contribution in [3.8, 4) is 11.5 Å². The summed E-state index contributed by atoms with van der Waals surface area (Å²) in [6.45, 7) is 4.23. The Kier molecular flexibility index (Phi) is 9.15. The molecule has 1 amide bonds. The number of aromatic nitrogens is 2. The van der Waals surface area contributed by atoms with Gasteiger partial charge in [-0.25, -0.2) is 9.97 Å². The molecular weight excluding hydrogens is 556 g/mol. The van der Waals surface area contributed by atoms with Crippen molar-refractivity contribution in [3.63, 3.8) is 0 Å². The number of carbonyl (C=O) groups is 1. The minimum Gasteiger partial charge on any atom is -0.755 e. The Labute approximate surface area is 247 Å². The third-order valence-electron chi connectivity index (χ3n) is 6.98. The van der Waals surface area contributed by atoms with Crippen LogP contribution in [0.1, 0.15) is 19.8 Å². The Morgan fingerprint density at radius 1 is 1.02 bits per heavy atom. The molecule has 0 radical (unpaired) electrons. The van der Waals surface area contributed by atoms with E-state index in [1.54, 1.807) is 74.9 Å². The average molecular weight is 590 g/mol. The molecule has 2 unspecified atom stereocenters. The molecule has 1 aromatic heterocycles. The number of piperidine rings is 1. The molecule has 2 atom stereocenters. The molecule has 2 heterocycles. The van der Waals surface area contributed by atoms with Gasteiger partial charge in [0.1, 0.15) is 11.5 Å². The molecule has 0 aliphatic carbocycles. The van der Waals surface area contributed by atoms with Gasteiger partial charge in [-0.3, -0.25) is 18.2 Å². The van der Waals surface area contributed by atoms with Crippen molar-refractivity contribution in [1.29, 1.82) is 0 Å². The Hall–Kier alpha value is -4.26. The van der Waals surface area contributed by atoms with Crippen LogP contribution in [0.2, 0.25) is 0 Å². The van der Waals surface area contributed by atoms with E-state index in [-0.39, 0.29) is 29.8 Å². The first-order valence-electron chi connectivity index (χ1n) is 13.6. The number of methoxy groups -OCH3 is 2. The maximum absolute atomic E-state index is 12.8. The molecule has 220 valence electrons. The van der Waals surface area contributed by atoms with E-state index in [9.17, 15) is 13.6 Å². The van der Waals surface area contributed by atoms with E-state index in [0.717, 1.165) is 23.8 Å². The molecule has 2 N–H and O–H groups in total. The van der Waals surface area contributed by atoms with Gasteiger partial charge in [-0.2, -0.15) is 0 Å². The summed E-state index contributed by atoms with van der Waals surface area (Å²) in [4.78, 5) is 24.4. The fraction of sp³-hybridized carbons (Fsp3) is 0.300. The van der Waals surface area contributed by atoms with E-state index < -0.39 is 11.3 Å². The lowest BCUT2D eigenvalue weighted by Gasteiger charge is -2.30. The number of fused-ring (bicyclic) bond motifs is 1. The first-order valence-corrected chi connectivity index (χ1v) is 14.6. The highest BCUT2D eigenvalue weighted by molar-refractivity contribution is 7.81. The monoisotopic (exact) mass is 589 g/mol. The number of hydrogen-bond acceptors (Lipinski definition) is 9. The van der Waals surface area contributed by atoms with Crippen molar-refractivity contribution in [1.82, 2.24) is 14.9 Å². The molecule has 1 saturated heterocycles. The van der Waals surface area contributed by atoms with Crippen LogP contribution < -0.4 is 24.4 Å². The van der Waals surface area contributed by atoms with Crippen LogP contribution in [0.5, 0.6) is 11.5 Å². The SMILES string of the molecule is COc1cc(Nc2nc3ccccc3nc2N(c2cccc(NC(=O)CN3CCCC(C)C3)c2)S(=O)[O-])cc(OC)c1. The second kappa shape index (κ2) is 13.1. The van der Waals surface area contributed by atoms with Crippen LogP contribution in [0.4, 0.5) is 28.7 Å². The highest BCUT2D eigenvalue weighted by Crippen LogP contribution is 2.36. The summed E-state index contributed by atoms with van der Waals surface area (Å²) in [5.74, 6) is 1.73. The quantitative estimate of drug-likeness (QED) is 0.246. The molecule has 11 nitrogen and oxygen atoms in total. The van der Waals surface area contributed by atoms with E-state index in [0.29, 0.717) is 39.8 Å². The van der Waals surface area contributed by atoms with Crippen LogP contribution >= 0.6 is 0 Å². The van der Waals surface area contributed by atoms with Gasteiger partial charge in [0.15, 0.2) is 11.6 Å². The fourth-order valence-electron chi connectivity index (χ4n) is 5.06. The van der Waals surface area contributed by atoms with Crippen molar-refractivity contribution in [3.05, 3.63) is 66.7 Å². The van der Waals surface area contributed by atoms with Crippen LogP contribution in [0.3, 0.4) is 0 Å². The number of ether oxygens (including phenoxy) is 2. The minimum atomic E-state index is -2.79. The third kappa shape index (κ3) is 6.96. The molecule has 0 spiro atoms. The first-order chi connectivity index (χ1) is 20.3. The molecule has 4 aromatic rings. The summed E-state index contributed by atoms with van der Waals surface area (Å²) in [6, 6.07) is 19.0. The molecule has 1 aliphatic heterocycles. The predicted molar refractivity (Wildman–Crippen MR) is 163 cm³/mol. The average Bonchev–Trinajstić information content (AvgIpc) is 2.97. The van der Waals surface area contributed by atoms with E-state index >= 15 is 0 Å². The van der Waals surface area contributed by atoms with Crippen LogP contribution in [-0.4, -0.2) is 63.4 Å². The highest BCUT2D eigenvalue weighted by atomic mass is 32.2. The normalized spacial score (nSPS) is 16.0. The number of para-hydroxylation sites is 2. The zero-order chi connectivity index (χ0) is 29.6. The summed E-state index contributed by atoms with van der Waals surface area (Å²) < 4.78 is 37.3. The van der Waals surface area contributed by atoms with Crippen LogP contribution in [0.25, 0.3) is 11.0 Å². The molecule has 0 saturated carbocycles. The Morgan fingerprint density at radius 3 is 2.40 bits per heavy atom. The second-order valence-electron chi connectivity index (χ2n) is 10.2. The minimum absolute atomic E-state index is 0.0506. The summed E-state index contributed by atoms with van der Waals surface area (Å²) in [7, 11) is 3.09. The zero-order valence-corrected chi connectivity index (χ0v) is 24.5. The van der Waals surface area contributed by atoms with E-state index in [2.05, 4.69) is 27.4 Å². The van der Waals surface area contributed by atoms with Crippen molar-refractivity contribution < 1.29 is 23.0 Å². The Balaban J connectivity index is 1.49. The maximum atomic E-state index is 12.8. The van der Waals surface area contributed by atoms with Crippen molar-refractivity contribution >= 4 is 56.9 Å². The zero-order valence-electron chi connectivity index (χ0n) is 23.7. The Morgan fingerprint density at radius 2 is 1.74 bits per heavy atom. The van der Waals surface area contributed by atoms with Gasteiger partial charge in [0, 0.05) is 36.1 Å². The van der Waals surface area contributed by atoms with Crippen molar-refractivity contribution in [2.75, 3.05) is 48.8 Å². The van der Waals surface area contributed by atoms with Gasteiger partial charge in [0.05, 0.1) is 48.8 Å². The molecule has 12 heteroatoms. The number of anilines is 5. The third-order valence-corrected chi connectivity index (χ3v) is 7.66. The Bertz CT molecular complexity index is 1580. The predicted octanol–water partition coefficient (Wildman–Crippen LogP) is 4.99. The second-order valence-corrected chi connectivity index (χ2v) is 11.0. The number of carbonyl (C=O) groups excluding carboxylic acids is 1. The van der Waals surface area contributed by atoms with Gasteiger partial charge >= 0.3 is 0 Å². The highest BCUT2D eigenvalue weighted by Gasteiger charge is 2.22. The lowest BCUT2D eigenvalue weighted by Crippen LogP contribution is -2.39. The van der Waals surface area contributed by atoms with E-state index in [1.807, 2.05) is 6.07 Å². The molecule has 3 aromatic carbocycles. The lowest BCUT2D eigenvalue weighted by atomic mass is 10.0. The standard InChI is InChI=1S/C30H34N6O5S/c1-20-8-7-13-35(18-20)19-28(37)31-21-9-6-10-23(14-21)36(42(38)39)30-29(33-26-11-4-5-12-27(26)34-30)32-22-15-24(40-2)17-25(16-22)41-3/h4-6,9-12,14-17,20H,7-8,13,18-19H2,1-3H3,(H,31,37)(H,32,33)(H,38,39)/p-1. The van der Waals surface area contributed by atoms with Gasteiger partial charge in [-0.15, -0.1) is 0 Å². The largest absolute Gasteiger partial charge is 0.755 e. The van der Waals surface area contributed by atoms with Crippen molar-refractivity contribution in [2.24, 2.45) is 5.92 Å². The van der Waals surface area contributed by atoms with Crippen LogP contribution in [0.15, 0.2) is 66.7 Å². The topological polar surface area (TPSA) is 132 Å². The van der Waals surface area contributed by atoms with E-state index in [4.69, 9.17) is 14.5 Å². The smallest absolute Gasteiger partial charge is 0.238 e. The maximum Gasteiger partial charge on any atom is 0.238 e. The van der Waals surface area contributed by atoms with Gasteiger partial charge in [-0.05, 0) is 55.6 Å². The molecule has 42 heavy (non-hydrogen) atoms.